The zero-order valence-electron chi connectivity index (χ0n) is 11.7. The Bertz CT molecular complexity index is 499. The summed E-state index contributed by atoms with van der Waals surface area (Å²) < 4.78 is 0. The second kappa shape index (κ2) is 5.92. The second-order valence-corrected chi connectivity index (χ2v) is 5.00. The highest BCUT2D eigenvalue weighted by Gasteiger charge is 2.33. The Labute approximate surface area is 118 Å². The van der Waals surface area contributed by atoms with Crippen molar-refractivity contribution in [1.82, 2.24) is 15.1 Å². The number of phenolic OH excluding ortho intramolecular Hbond substituents is 1. The molecule has 108 valence electrons. The lowest BCUT2D eigenvalue weighted by atomic mass is 10.1. The zero-order chi connectivity index (χ0) is 14.7. The lowest BCUT2D eigenvalue weighted by Gasteiger charge is -2.36. The van der Waals surface area contributed by atoms with Crippen LogP contribution in [0.15, 0.2) is 24.3 Å². The van der Waals surface area contributed by atoms with Crippen LogP contribution in [0.5, 0.6) is 5.75 Å². The molecule has 1 aliphatic heterocycles. The number of aromatic hydroxyl groups is 1. The fourth-order valence-electron chi connectivity index (χ4n) is 2.24. The number of likely N-dealkylation sites (N-methyl/N-ethyl adjacent to an activating group) is 1. The topological polar surface area (TPSA) is 72.9 Å². The summed E-state index contributed by atoms with van der Waals surface area (Å²) in [5, 5.41) is 12.4. The minimum atomic E-state index is -0.486. The number of amides is 2. The van der Waals surface area contributed by atoms with Gasteiger partial charge in [0.25, 0.3) is 5.91 Å². The predicted octanol–water partition coefficient (Wildman–Crippen LogP) is -0.106. The van der Waals surface area contributed by atoms with Crippen molar-refractivity contribution in [2.24, 2.45) is 0 Å². The van der Waals surface area contributed by atoms with Gasteiger partial charge in [-0.15, -0.1) is 0 Å². The maximum atomic E-state index is 12.5. The summed E-state index contributed by atoms with van der Waals surface area (Å²) >= 11 is 0. The first-order chi connectivity index (χ1) is 9.50. The molecule has 2 rings (SSSR count). The Morgan fingerprint density at radius 1 is 1.30 bits per heavy atom. The molecule has 1 atom stereocenters. The summed E-state index contributed by atoms with van der Waals surface area (Å²) in [5.74, 6) is -0.168. The van der Waals surface area contributed by atoms with Gasteiger partial charge >= 0.3 is 0 Å². The Balaban J connectivity index is 2.21. The SMILES string of the molecule is CN(C)C(=O)C1CNCCN1C(=O)c1ccc(O)cc1. The molecule has 20 heavy (non-hydrogen) atoms. The van der Waals surface area contributed by atoms with Crippen molar-refractivity contribution in [2.75, 3.05) is 33.7 Å². The number of nitrogens with zero attached hydrogens (tertiary/aromatic N) is 2. The van der Waals surface area contributed by atoms with Gasteiger partial charge in [0.1, 0.15) is 11.8 Å². The zero-order valence-corrected chi connectivity index (χ0v) is 11.7. The van der Waals surface area contributed by atoms with E-state index in [4.69, 9.17) is 0 Å². The van der Waals surface area contributed by atoms with Crippen molar-refractivity contribution in [3.63, 3.8) is 0 Å². The second-order valence-electron chi connectivity index (χ2n) is 5.00. The standard InChI is InChI=1S/C14H19N3O3/c1-16(2)14(20)12-9-15-7-8-17(12)13(19)10-3-5-11(18)6-4-10/h3-6,12,15,18H,7-9H2,1-2H3. The maximum Gasteiger partial charge on any atom is 0.254 e. The Kier molecular flexibility index (Phi) is 4.24. The Morgan fingerprint density at radius 3 is 2.55 bits per heavy atom. The number of nitrogens with one attached hydrogen (secondary N) is 1. The number of carbonyl (C=O) groups is 2. The van der Waals surface area contributed by atoms with E-state index in [0.717, 1.165) is 0 Å². The van der Waals surface area contributed by atoms with E-state index in [0.29, 0.717) is 25.2 Å². The van der Waals surface area contributed by atoms with Gasteiger partial charge in [-0.25, -0.2) is 0 Å². The first-order valence-electron chi connectivity index (χ1n) is 6.52. The van der Waals surface area contributed by atoms with Gasteiger partial charge in [0.2, 0.25) is 5.91 Å². The number of hydrogen-bond donors (Lipinski definition) is 2. The highest BCUT2D eigenvalue weighted by atomic mass is 16.3. The molecule has 1 aromatic rings. The van der Waals surface area contributed by atoms with Crippen LogP contribution < -0.4 is 5.32 Å². The van der Waals surface area contributed by atoms with Crippen molar-refractivity contribution < 1.29 is 14.7 Å². The van der Waals surface area contributed by atoms with E-state index in [1.54, 1.807) is 31.1 Å². The molecule has 0 bridgehead atoms. The van der Waals surface area contributed by atoms with Crippen molar-refractivity contribution >= 4 is 11.8 Å². The van der Waals surface area contributed by atoms with Crippen molar-refractivity contribution in [3.05, 3.63) is 29.8 Å². The average Bonchev–Trinajstić information content (AvgIpc) is 2.46. The van der Waals surface area contributed by atoms with Crippen LogP contribution in [0.25, 0.3) is 0 Å². The van der Waals surface area contributed by atoms with E-state index in [-0.39, 0.29) is 17.6 Å². The molecule has 0 aliphatic carbocycles. The maximum absolute atomic E-state index is 12.5. The van der Waals surface area contributed by atoms with E-state index >= 15 is 0 Å². The molecule has 1 unspecified atom stereocenters. The van der Waals surface area contributed by atoms with Gasteiger partial charge in [0.05, 0.1) is 0 Å². The quantitative estimate of drug-likeness (QED) is 0.791. The van der Waals surface area contributed by atoms with Gasteiger partial charge in [-0.05, 0) is 24.3 Å². The van der Waals surface area contributed by atoms with E-state index < -0.39 is 6.04 Å². The molecular formula is C14H19N3O3. The summed E-state index contributed by atoms with van der Waals surface area (Å²) in [6, 6.07) is 5.59. The highest BCUT2D eigenvalue weighted by Crippen LogP contribution is 2.15. The molecule has 1 heterocycles. The van der Waals surface area contributed by atoms with Crippen LogP contribution in [-0.4, -0.2) is 66.5 Å². The molecule has 0 aromatic heterocycles. The number of benzene rings is 1. The molecule has 0 spiro atoms. The Hall–Kier alpha value is -2.08. The number of rotatable bonds is 2. The van der Waals surface area contributed by atoms with Gasteiger partial charge in [-0.2, -0.15) is 0 Å². The summed E-state index contributed by atoms with van der Waals surface area (Å²) in [4.78, 5) is 27.7. The summed E-state index contributed by atoms with van der Waals surface area (Å²) in [5.41, 5.74) is 0.473. The molecule has 2 N–H and O–H groups in total. The molecule has 1 aromatic carbocycles. The van der Waals surface area contributed by atoms with Crippen LogP contribution in [0.3, 0.4) is 0 Å². The largest absolute Gasteiger partial charge is 0.508 e. The predicted molar refractivity (Wildman–Crippen MR) is 74.5 cm³/mol. The minimum Gasteiger partial charge on any atom is -0.508 e. The third-order valence-electron chi connectivity index (χ3n) is 3.34. The molecule has 6 nitrogen and oxygen atoms in total. The van der Waals surface area contributed by atoms with Gasteiger partial charge in [-0.3, -0.25) is 9.59 Å². The average molecular weight is 277 g/mol. The molecule has 2 amide bonds. The fourth-order valence-corrected chi connectivity index (χ4v) is 2.24. The van der Waals surface area contributed by atoms with E-state index in [2.05, 4.69) is 5.32 Å². The van der Waals surface area contributed by atoms with Gasteiger partial charge in [0.15, 0.2) is 0 Å². The lowest BCUT2D eigenvalue weighted by Crippen LogP contribution is -2.59. The third kappa shape index (κ3) is 2.91. The molecule has 1 aliphatic rings. The van der Waals surface area contributed by atoms with E-state index in [1.807, 2.05) is 0 Å². The number of hydrogen-bond acceptors (Lipinski definition) is 4. The van der Waals surface area contributed by atoms with Crippen LogP contribution in [0, 0.1) is 0 Å². The van der Waals surface area contributed by atoms with E-state index in [1.165, 1.54) is 17.0 Å². The van der Waals surface area contributed by atoms with Gasteiger partial charge in [-0.1, -0.05) is 0 Å². The van der Waals surface area contributed by atoms with Crippen LogP contribution in [0.4, 0.5) is 0 Å². The van der Waals surface area contributed by atoms with Crippen molar-refractivity contribution in [2.45, 2.75) is 6.04 Å². The van der Waals surface area contributed by atoms with Crippen LogP contribution in [0.1, 0.15) is 10.4 Å². The summed E-state index contributed by atoms with van der Waals surface area (Å²) in [7, 11) is 3.36. The molecule has 0 saturated carbocycles. The third-order valence-corrected chi connectivity index (χ3v) is 3.34. The number of piperazine rings is 1. The molecule has 1 saturated heterocycles. The number of phenols is 1. The molecule has 6 heteroatoms. The van der Waals surface area contributed by atoms with Crippen molar-refractivity contribution in [3.8, 4) is 5.75 Å². The molecule has 1 fully saturated rings. The summed E-state index contributed by atoms with van der Waals surface area (Å²) in [6.45, 7) is 1.62. The summed E-state index contributed by atoms with van der Waals surface area (Å²) in [6.07, 6.45) is 0. The molecular weight excluding hydrogens is 258 g/mol. The molecule has 0 radical (unpaired) electrons. The highest BCUT2D eigenvalue weighted by molar-refractivity contribution is 5.97. The smallest absolute Gasteiger partial charge is 0.254 e. The van der Waals surface area contributed by atoms with Crippen LogP contribution in [0.2, 0.25) is 0 Å². The van der Waals surface area contributed by atoms with E-state index in [9.17, 15) is 14.7 Å². The van der Waals surface area contributed by atoms with Crippen LogP contribution in [-0.2, 0) is 4.79 Å². The normalized spacial score (nSPS) is 18.7. The monoisotopic (exact) mass is 277 g/mol. The van der Waals surface area contributed by atoms with Crippen LogP contribution >= 0.6 is 0 Å². The first-order valence-corrected chi connectivity index (χ1v) is 6.52. The van der Waals surface area contributed by atoms with Gasteiger partial charge in [0, 0.05) is 39.3 Å². The van der Waals surface area contributed by atoms with Gasteiger partial charge < -0.3 is 20.2 Å². The number of carbonyl (C=O) groups excluding carboxylic acids is 2. The fraction of sp³-hybridized carbons (Fsp3) is 0.429. The van der Waals surface area contributed by atoms with Crippen molar-refractivity contribution in [1.29, 1.82) is 0 Å². The minimum absolute atomic E-state index is 0.0932. The first kappa shape index (κ1) is 14.3. The lowest BCUT2D eigenvalue weighted by molar-refractivity contribution is -0.134. The Morgan fingerprint density at radius 2 is 1.95 bits per heavy atom.